The summed E-state index contributed by atoms with van der Waals surface area (Å²) >= 11 is 0. The summed E-state index contributed by atoms with van der Waals surface area (Å²) in [5.74, 6) is -1.56. The minimum Gasteiger partial charge on any atom is -0.481 e. The molecule has 1 atom stereocenters. The van der Waals surface area contributed by atoms with Crippen LogP contribution in [0.5, 0.6) is 0 Å². The second kappa shape index (κ2) is 2.47. The number of rotatable bonds is 1. The molecule has 0 amide bonds. The standard InChI is InChI=1S/C8H12O4S/c9-7(10)6-5-13(11,12)4-3-8(6)1-2-8/h6H,1-5H2,(H,9,10). The van der Waals surface area contributed by atoms with E-state index in [9.17, 15) is 13.2 Å². The third-order valence-corrected chi connectivity index (χ3v) is 4.93. The fraction of sp³-hybridized carbons (Fsp3) is 0.875. The Labute approximate surface area is 76.9 Å². The van der Waals surface area contributed by atoms with Crippen molar-refractivity contribution >= 4 is 15.8 Å². The molecule has 1 spiro atoms. The van der Waals surface area contributed by atoms with Crippen LogP contribution in [0.4, 0.5) is 0 Å². The molecule has 1 unspecified atom stereocenters. The maximum Gasteiger partial charge on any atom is 0.308 e. The molecule has 0 aromatic heterocycles. The molecular weight excluding hydrogens is 192 g/mol. The zero-order chi connectivity index (χ0) is 9.69. The Morgan fingerprint density at radius 2 is 1.92 bits per heavy atom. The van der Waals surface area contributed by atoms with Gasteiger partial charge in [-0.25, -0.2) is 8.42 Å². The zero-order valence-corrected chi connectivity index (χ0v) is 8.01. The first kappa shape index (κ1) is 8.99. The van der Waals surface area contributed by atoms with Crippen LogP contribution < -0.4 is 0 Å². The molecule has 1 aliphatic heterocycles. The van der Waals surface area contributed by atoms with Gasteiger partial charge < -0.3 is 5.11 Å². The van der Waals surface area contributed by atoms with Crippen LogP contribution in [0.3, 0.4) is 0 Å². The van der Waals surface area contributed by atoms with Crippen LogP contribution in [0.2, 0.25) is 0 Å². The molecule has 0 aromatic carbocycles. The molecule has 0 aromatic rings. The second-order valence-electron chi connectivity index (χ2n) is 4.12. The topological polar surface area (TPSA) is 71.4 Å². The second-order valence-corrected chi connectivity index (χ2v) is 6.35. The molecule has 0 bridgehead atoms. The van der Waals surface area contributed by atoms with E-state index in [0.29, 0.717) is 6.42 Å². The molecule has 13 heavy (non-hydrogen) atoms. The highest BCUT2D eigenvalue weighted by atomic mass is 32.2. The lowest BCUT2D eigenvalue weighted by Crippen LogP contribution is -2.38. The van der Waals surface area contributed by atoms with Crippen molar-refractivity contribution < 1.29 is 18.3 Å². The third kappa shape index (κ3) is 1.45. The summed E-state index contributed by atoms with van der Waals surface area (Å²) in [6, 6.07) is 0. The maximum atomic E-state index is 11.2. The van der Waals surface area contributed by atoms with Crippen LogP contribution in [0.15, 0.2) is 0 Å². The molecule has 1 N–H and O–H groups in total. The normalized spacial score (nSPS) is 34.3. The summed E-state index contributed by atoms with van der Waals surface area (Å²) in [5, 5.41) is 8.88. The smallest absolute Gasteiger partial charge is 0.308 e. The van der Waals surface area contributed by atoms with Gasteiger partial charge >= 0.3 is 5.97 Å². The van der Waals surface area contributed by atoms with Gasteiger partial charge in [0.2, 0.25) is 0 Å². The lowest BCUT2D eigenvalue weighted by molar-refractivity contribution is -0.143. The van der Waals surface area contributed by atoms with Gasteiger partial charge in [0.1, 0.15) is 0 Å². The number of hydrogen-bond donors (Lipinski definition) is 1. The monoisotopic (exact) mass is 204 g/mol. The van der Waals surface area contributed by atoms with Gasteiger partial charge in [-0.2, -0.15) is 0 Å². The predicted molar refractivity (Wildman–Crippen MR) is 46.1 cm³/mol. The quantitative estimate of drug-likeness (QED) is 0.666. The molecular formula is C8H12O4S. The summed E-state index contributed by atoms with van der Waals surface area (Å²) in [7, 11) is -3.09. The lowest BCUT2D eigenvalue weighted by atomic mass is 9.88. The Hall–Kier alpha value is -0.580. The number of carboxylic acid groups (broad SMARTS) is 1. The Morgan fingerprint density at radius 1 is 1.31 bits per heavy atom. The molecule has 1 saturated carbocycles. The minimum atomic E-state index is -3.09. The van der Waals surface area contributed by atoms with Crippen LogP contribution in [0.1, 0.15) is 19.3 Å². The summed E-state index contributed by atoms with van der Waals surface area (Å²) in [5.41, 5.74) is -0.156. The van der Waals surface area contributed by atoms with E-state index >= 15 is 0 Å². The van der Waals surface area contributed by atoms with Gasteiger partial charge in [0, 0.05) is 0 Å². The van der Waals surface area contributed by atoms with E-state index in [4.69, 9.17) is 5.11 Å². The highest BCUT2D eigenvalue weighted by Crippen LogP contribution is 2.57. The Balaban J connectivity index is 2.25. The average molecular weight is 204 g/mol. The van der Waals surface area contributed by atoms with Gasteiger partial charge in [-0.1, -0.05) is 0 Å². The van der Waals surface area contributed by atoms with Gasteiger partial charge in [0.25, 0.3) is 0 Å². The molecule has 1 heterocycles. The van der Waals surface area contributed by atoms with Crippen molar-refractivity contribution in [2.75, 3.05) is 11.5 Å². The Bertz CT molecular complexity index is 339. The number of aliphatic carboxylic acids is 1. The lowest BCUT2D eigenvalue weighted by Gasteiger charge is -2.27. The molecule has 1 aliphatic carbocycles. The summed E-state index contributed by atoms with van der Waals surface area (Å²) in [4.78, 5) is 10.8. The first-order valence-corrected chi connectivity index (χ1v) is 6.21. The van der Waals surface area contributed by atoms with Crippen molar-refractivity contribution in [2.45, 2.75) is 19.3 Å². The van der Waals surface area contributed by atoms with Gasteiger partial charge in [-0.3, -0.25) is 4.79 Å². The first-order valence-electron chi connectivity index (χ1n) is 4.38. The van der Waals surface area contributed by atoms with Gasteiger partial charge in [-0.05, 0) is 24.7 Å². The average Bonchev–Trinajstić information content (AvgIpc) is 2.76. The number of carbonyl (C=O) groups is 1. The van der Waals surface area contributed by atoms with E-state index in [-0.39, 0.29) is 16.9 Å². The fourth-order valence-corrected chi connectivity index (χ4v) is 4.03. The molecule has 5 heteroatoms. The van der Waals surface area contributed by atoms with Crippen LogP contribution >= 0.6 is 0 Å². The summed E-state index contributed by atoms with van der Waals surface area (Å²) in [6.45, 7) is 0. The molecule has 0 radical (unpaired) electrons. The van der Waals surface area contributed by atoms with Crippen LogP contribution in [-0.4, -0.2) is 31.0 Å². The van der Waals surface area contributed by atoms with Crippen molar-refractivity contribution in [3.8, 4) is 0 Å². The molecule has 2 fully saturated rings. The highest BCUT2D eigenvalue weighted by molar-refractivity contribution is 7.91. The summed E-state index contributed by atoms with van der Waals surface area (Å²) in [6.07, 6.45) is 2.32. The van der Waals surface area contributed by atoms with Crippen molar-refractivity contribution in [1.82, 2.24) is 0 Å². The molecule has 4 nitrogen and oxygen atoms in total. The van der Waals surface area contributed by atoms with Gasteiger partial charge in [-0.15, -0.1) is 0 Å². The molecule has 2 rings (SSSR count). The van der Waals surface area contributed by atoms with E-state index in [1.165, 1.54) is 0 Å². The van der Waals surface area contributed by atoms with E-state index < -0.39 is 21.7 Å². The van der Waals surface area contributed by atoms with Gasteiger partial charge in [0.15, 0.2) is 9.84 Å². The molecule has 74 valence electrons. The SMILES string of the molecule is O=C(O)C1CS(=O)(=O)CCC12CC2. The largest absolute Gasteiger partial charge is 0.481 e. The number of carboxylic acids is 1. The van der Waals surface area contributed by atoms with Crippen LogP contribution in [0, 0.1) is 11.3 Å². The van der Waals surface area contributed by atoms with Crippen molar-refractivity contribution in [3.63, 3.8) is 0 Å². The number of sulfone groups is 1. The highest BCUT2D eigenvalue weighted by Gasteiger charge is 2.56. The molecule has 1 saturated heterocycles. The Kier molecular flexibility index (Phi) is 1.71. The fourth-order valence-electron chi connectivity index (χ4n) is 2.14. The van der Waals surface area contributed by atoms with Gasteiger partial charge in [0.05, 0.1) is 17.4 Å². The van der Waals surface area contributed by atoms with Crippen molar-refractivity contribution in [1.29, 1.82) is 0 Å². The first-order chi connectivity index (χ1) is 5.95. The zero-order valence-electron chi connectivity index (χ0n) is 7.19. The van der Waals surface area contributed by atoms with Crippen molar-refractivity contribution in [2.24, 2.45) is 11.3 Å². The van der Waals surface area contributed by atoms with E-state index in [1.807, 2.05) is 0 Å². The summed E-state index contributed by atoms with van der Waals surface area (Å²) < 4.78 is 22.4. The minimum absolute atomic E-state index is 0.150. The maximum absolute atomic E-state index is 11.2. The van der Waals surface area contributed by atoms with E-state index in [2.05, 4.69) is 0 Å². The van der Waals surface area contributed by atoms with Crippen molar-refractivity contribution in [3.05, 3.63) is 0 Å². The van der Waals surface area contributed by atoms with E-state index in [0.717, 1.165) is 12.8 Å². The van der Waals surface area contributed by atoms with Crippen LogP contribution in [-0.2, 0) is 14.6 Å². The Morgan fingerprint density at radius 3 is 2.38 bits per heavy atom. The number of hydrogen-bond acceptors (Lipinski definition) is 3. The predicted octanol–water partition coefficient (Wildman–Crippen LogP) is 0.286. The molecule has 2 aliphatic rings. The third-order valence-electron chi connectivity index (χ3n) is 3.26. The van der Waals surface area contributed by atoms with E-state index in [1.54, 1.807) is 0 Å². The van der Waals surface area contributed by atoms with Crippen LogP contribution in [0.25, 0.3) is 0 Å².